The van der Waals surface area contributed by atoms with Gasteiger partial charge in [-0.25, -0.2) is 0 Å². The predicted molar refractivity (Wildman–Crippen MR) is 98.5 cm³/mol. The van der Waals surface area contributed by atoms with Crippen molar-refractivity contribution in [1.29, 1.82) is 0 Å². The number of amides is 1. The molecule has 1 aromatic carbocycles. The van der Waals surface area contributed by atoms with Gasteiger partial charge in [0.25, 0.3) is 0 Å². The number of carbonyl (C=O) groups is 1. The van der Waals surface area contributed by atoms with Crippen molar-refractivity contribution in [2.24, 2.45) is 0 Å². The summed E-state index contributed by atoms with van der Waals surface area (Å²) in [7, 11) is 0. The molecular formula is C19H27ClN2O2. The molecule has 24 heavy (non-hydrogen) atoms. The Balaban J connectivity index is 0.00000169. The number of nitrogens with zero attached hydrogens (tertiary/aromatic N) is 1. The lowest BCUT2D eigenvalue weighted by Gasteiger charge is -2.28. The van der Waals surface area contributed by atoms with Crippen LogP contribution in [0.25, 0.3) is 0 Å². The van der Waals surface area contributed by atoms with E-state index in [2.05, 4.69) is 23.2 Å². The molecule has 4 rings (SSSR count). The number of rotatable bonds is 2. The van der Waals surface area contributed by atoms with Gasteiger partial charge in [-0.05, 0) is 57.8 Å². The summed E-state index contributed by atoms with van der Waals surface area (Å²) in [5, 5.41) is 3.05. The van der Waals surface area contributed by atoms with E-state index in [1.165, 1.54) is 37.9 Å². The van der Waals surface area contributed by atoms with Crippen LogP contribution in [-0.4, -0.2) is 36.5 Å². The first-order valence-corrected chi connectivity index (χ1v) is 8.84. The molecule has 0 aliphatic carbocycles. The Labute approximate surface area is 150 Å². The Morgan fingerprint density at radius 1 is 1.29 bits per heavy atom. The van der Waals surface area contributed by atoms with Crippen molar-refractivity contribution in [3.05, 3.63) is 22.8 Å². The van der Waals surface area contributed by atoms with Gasteiger partial charge in [-0.3, -0.25) is 9.69 Å². The number of aryl methyl sites for hydroxylation is 1. The largest absolute Gasteiger partial charge is 0.488 e. The third-order valence-corrected chi connectivity index (χ3v) is 5.63. The van der Waals surface area contributed by atoms with Gasteiger partial charge in [0.1, 0.15) is 11.9 Å². The minimum absolute atomic E-state index is 0. The molecule has 0 spiro atoms. The quantitative estimate of drug-likeness (QED) is 0.888. The van der Waals surface area contributed by atoms with E-state index >= 15 is 0 Å². The van der Waals surface area contributed by atoms with E-state index in [9.17, 15) is 4.79 Å². The summed E-state index contributed by atoms with van der Waals surface area (Å²) in [5.74, 6) is 1.04. The molecule has 3 aliphatic rings. The summed E-state index contributed by atoms with van der Waals surface area (Å²) >= 11 is 0. The van der Waals surface area contributed by atoms with Gasteiger partial charge < -0.3 is 10.1 Å². The van der Waals surface area contributed by atoms with E-state index in [-0.39, 0.29) is 24.4 Å². The van der Waals surface area contributed by atoms with Crippen LogP contribution in [0.5, 0.6) is 5.75 Å². The molecule has 1 fully saturated rings. The molecule has 1 amide bonds. The highest BCUT2D eigenvalue weighted by atomic mass is 35.5. The molecule has 3 heterocycles. The Bertz CT molecular complexity index is 666. The number of hydrogen-bond donors (Lipinski definition) is 1. The van der Waals surface area contributed by atoms with Crippen molar-refractivity contribution in [2.75, 3.05) is 25.0 Å². The summed E-state index contributed by atoms with van der Waals surface area (Å²) in [6.07, 6.45) is 5.15. The maximum absolute atomic E-state index is 12.3. The zero-order chi connectivity index (χ0) is 16.2. The summed E-state index contributed by atoms with van der Waals surface area (Å²) in [6, 6.07) is 2.20. The van der Waals surface area contributed by atoms with Crippen LogP contribution < -0.4 is 10.1 Å². The van der Waals surface area contributed by atoms with E-state index in [1.807, 2.05) is 13.8 Å². The number of hydrogen-bond acceptors (Lipinski definition) is 3. The van der Waals surface area contributed by atoms with Gasteiger partial charge in [0.05, 0.1) is 11.1 Å². The van der Waals surface area contributed by atoms with E-state index in [0.717, 1.165) is 35.5 Å². The van der Waals surface area contributed by atoms with Gasteiger partial charge in [0, 0.05) is 18.5 Å². The lowest BCUT2D eigenvalue weighted by molar-refractivity contribution is -0.119. The number of ether oxygens (including phenoxy) is 1. The zero-order valence-electron chi connectivity index (χ0n) is 14.8. The third kappa shape index (κ3) is 2.70. The smallest absolute Gasteiger partial charge is 0.234 e. The van der Waals surface area contributed by atoms with Gasteiger partial charge in [-0.15, -0.1) is 12.4 Å². The highest BCUT2D eigenvalue weighted by Gasteiger charge is 2.44. The molecule has 0 bridgehead atoms. The summed E-state index contributed by atoms with van der Waals surface area (Å²) in [6.45, 7) is 9.46. The number of likely N-dealkylation sites (tertiary alicyclic amines) is 1. The first kappa shape index (κ1) is 17.6. The maximum atomic E-state index is 12.3. The fourth-order valence-corrected chi connectivity index (χ4v) is 4.28. The molecule has 1 unspecified atom stereocenters. The maximum Gasteiger partial charge on any atom is 0.234 e. The average Bonchev–Trinajstić information content (AvgIpc) is 2.99. The Morgan fingerprint density at radius 2 is 2.00 bits per heavy atom. The molecule has 1 N–H and O–H groups in total. The van der Waals surface area contributed by atoms with E-state index in [1.54, 1.807) is 0 Å². The van der Waals surface area contributed by atoms with Crippen LogP contribution in [0.4, 0.5) is 5.69 Å². The normalized spacial score (nSPS) is 24.6. The van der Waals surface area contributed by atoms with Crippen molar-refractivity contribution >= 4 is 24.0 Å². The van der Waals surface area contributed by atoms with Crippen LogP contribution in [0.1, 0.15) is 49.8 Å². The van der Waals surface area contributed by atoms with E-state index in [0.29, 0.717) is 0 Å². The van der Waals surface area contributed by atoms with E-state index < -0.39 is 5.41 Å². The molecule has 5 heteroatoms. The minimum atomic E-state index is -0.508. The van der Waals surface area contributed by atoms with Gasteiger partial charge in [0.2, 0.25) is 5.91 Å². The van der Waals surface area contributed by atoms with Crippen LogP contribution in [0.15, 0.2) is 6.07 Å². The summed E-state index contributed by atoms with van der Waals surface area (Å²) in [5.41, 5.74) is 3.95. The molecule has 1 saturated heterocycles. The Kier molecular flexibility index (Phi) is 4.56. The number of piperidine rings is 1. The number of anilines is 1. The number of benzene rings is 1. The zero-order valence-corrected chi connectivity index (χ0v) is 15.6. The average molecular weight is 351 g/mol. The second kappa shape index (κ2) is 6.23. The molecule has 4 nitrogen and oxygen atoms in total. The van der Waals surface area contributed by atoms with E-state index in [4.69, 9.17) is 4.74 Å². The van der Waals surface area contributed by atoms with Crippen LogP contribution >= 0.6 is 12.4 Å². The van der Waals surface area contributed by atoms with Crippen molar-refractivity contribution in [3.8, 4) is 5.75 Å². The molecule has 132 valence electrons. The number of nitrogens with one attached hydrogen (secondary N) is 1. The molecule has 0 radical (unpaired) electrons. The number of halogens is 1. The first-order valence-electron chi connectivity index (χ1n) is 8.84. The highest BCUT2D eigenvalue weighted by Crippen LogP contribution is 2.49. The second-order valence-electron chi connectivity index (χ2n) is 7.82. The van der Waals surface area contributed by atoms with Gasteiger partial charge >= 0.3 is 0 Å². The third-order valence-electron chi connectivity index (χ3n) is 5.63. The number of carbonyl (C=O) groups excluding carboxylic acids is 1. The van der Waals surface area contributed by atoms with Gasteiger partial charge in [0.15, 0.2) is 0 Å². The van der Waals surface area contributed by atoms with Crippen molar-refractivity contribution < 1.29 is 9.53 Å². The minimum Gasteiger partial charge on any atom is -0.488 e. The SMILES string of the molecule is Cc1cc2c(c3c1NC(=O)C3(C)C)OC(CN1CCCCC1)C2.Cl. The monoisotopic (exact) mass is 350 g/mol. The standard InChI is InChI=1S/C19H26N2O2.ClH/c1-12-9-13-10-14(11-21-7-5-4-6-8-21)23-17(13)15-16(12)20-18(22)19(15,2)3;/h9,14H,4-8,10-11H2,1-3H3,(H,20,22);1H. The van der Waals surface area contributed by atoms with Gasteiger partial charge in [-0.1, -0.05) is 12.5 Å². The summed E-state index contributed by atoms with van der Waals surface area (Å²) < 4.78 is 6.36. The molecule has 0 saturated carbocycles. The molecule has 3 aliphatic heterocycles. The number of fused-ring (bicyclic) bond motifs is 3. The molecule has 1 aromatic rings. The topological polar surface area (TPSA) is 41.6 Å². The summed E-state index contributed by atoms with van der Waals surface area (Å²) in [4.78, 5) is 14.9. The highest BCUT2D eigenvalue weighted by molar-refractivity contribution is 6.07. The van der Waals surface area contributed by atoms with Crippen molar-refractivity contribution in [1.82, 2.24) is 4.90 Å². The molecule has 0 aromatic heterocycles. The van der Waals surface area contributed by atoms with Crippen LogP contribution in [-0.2, 0) is 16.6 Å². The second-order valence-corrected chi connectivity index (χ2v) is 7.82. The van der Waals surface area contributed by atoms with Crippen molar-refractivity contribution in [3.63, 3.8) is 0 Å². The Hall–Kier alpha value is -1.26. The van der Waals surface area contributed by atoms with Crippen LogP contribution in [0.3, 0.4) is 0 Å². The fraction of sp³-hybridized carbons (Fsp3) is 0.632. The molecule has 1 atom stereocenters. The lowest BCUT2D eigenvalue weighted by atomic mass is 9.83. The van der Waals surface area contributed by atoms with Crippen molar-refractivity contribution in [2.45, 2.75) is 58.0 Å². The van der Waals surface area contributed by atoms with Crippen LogP contribution in [0, 0.1) is 6.92 Å². The first-order chi connectivity index (χ1) is 11.0. The van der Waals surface area contributed by atoms with Crippen LogP contribution in [0.2, 0.25) is 0 Å². The van der Waals surface area contributed by atoms with Gasteiger partial charge in [-0.2, -0.15) is 0 Å². The Morgan fingerprint density at radius 3 is 2.71 bits per heavy atom. The predicted octanol–water partition coefficient (Wildman–Crippen LogP) is 3.44. The fourth-order valence-electron chi connectivity index (χ4n) is 4.28. The molecular weight excluding hydrogens is 324 g/mol. The lowest BCUT2D eigenvalue weighted by Crippen LogP contribution is -2.38.